The predicted octanol–water partition coefficient (Wildman–Crippen LogP) is 4.81. The zero-order valence-electron chi connectivity index (χ0n) is 18.9. The standard InChI is InChI=1S/C25H36N2O3/c1-18(2)16-26(17-19(3)4)14-7-15-30-21-12-10-20(11-13-21)27-24(28)22-8-5-6-9-23(22)25(27)29/h10-13,18-19H,5-9,14-17H2,1-4H3. The molecule has 1 heterocycles. The van der Waals surface area contributed by atoms with Crippen LogP contribution in [0.3, 0.4) is 0 Å². The molecule has 0 aromatic heterocycles. The topological polar surface area (TPSA) is 49.9 Å². The third kappa shape index (κ3) is 5.51. The minimum absolute atomic E-state index is 0.140. The zero-order valence-corrected chi connectivity index (χ0v) is 18.9. The molecular formula is C25H36N2O3. The molecule has 0 fully saturated rings. The fourth-order valence-corrected chi connectivity index (χ4v) is 4.43. The second-order valence-corrected chi connectivity index (χ2v) is 9.35. The van der Waals surface area contributed by atoms with E-state index in [-0.39, 0.29) is 11.8 Å². The van der Waals surface area contributed by atoms with Gasteiger partial charge in [0.25, 0.3) is 11.8 Å². The Hall–Kier alpha value is -2.14. The smallest absolute Gasteiger partial charge is 0.261 e. The lowest BCUT2D eigenvalue weighted by molar-refractivity contribution is -0.120. The summed E-state index contributed by atoms with van der Waals surface area (Å²) in [5, 5.41) is 0. The van der Waals surface area contributed by atoms with E-state index in [1.54, 1.807) is 0 Å². The molecule has 0 bridgehead atoms. The number of imide groups is 1. The van der Waals surface area contributed by atoms with Gasteiger partial charge in [0.15, 0.2) is 0 Å². The van der Waals surface area contributed by atoms with Crippen molar-refractivity contribution in [2.45, 2.75) is 59.8 Å². The number of anilines is 1. The Kier molecular flexibility index (Phi) is 7.70. The Balaban J connectivity index is 1.50. The van der Waals surface area contributed by atoms with Crippen LogP contribution in [0.4, 0.5) is 5.69 Å². The SMILES string of the molecule is CC(C)CN(CCCOc1ccc(N2C(=O)C3=C(CCCC3)C2=O)cc1)CC(C)C. The molecule has 0 N–H and O–H groups in total. The van der Waals surface area contributed by atoms with Crippen molar-refractivity contribution in [1.82, 2.24) is 4.90 Å². The Morgan fingerprint density at radius 2 is 1.43 bits per heavy atom. The van der Waals surface area contributed by atoms with E-state index in [0.29, 0.717) is 24.1 Å². The maximum absolute atomic E-state index is 12.7. The van der Waals surface area contributed by atoms with Crippen molar-refractivity contribution in [3.63, 3.8) is 0 Å². The Morgan fingerprint density at radius 3 is 1.93 bits per heavy atom. The minimum Gasteiger partial charge on any atom is -0.494 e. The van der Waals surface area contributed by atoms with Crippen molar-refractivity contribution in [2.24, 2.45) is 11.8 Å². The van der Waals surface area contributed by atoms with E-state index in [1.807, 2.05) is 24.3 Å². The van der Waals surface area contributed by atoms with Gasteiger partial charge < -0.3 is 9.64 Å². The Bertz CT molecular complexity index is 742. The van der Waals surface area contributed by atoms with Gasteiger partial charge >= 0.3 is 0 Å². The molecule has 0 saturated carbocycles. The summed E-state index contributed by atoms with van der Waals surface area (Å²) in [5.41, 5.74) is 2.07. The number of amides is 2. The van der Waals surface area contributed by atoms with Crippen LogP contribution in [0.15, 0.2) is 35.4 Å². The summed E-state index contributed by atoms with van der Waals surface area (Å²) in [6.07, 6.45) is 4.40. The van der Waals surface area contributed by atoms with Gasteiger partial charge in [0.1, 0.15) is 5.75 Å². The summed E-state index contributed by atoms with van der Waals surface area (Å²) < 4.78 is 5.91. The van der Waals surface area contributed by atoms with Gasteiger partial charge in [0, 0.05) is 30.8 Å². The number of ether oxygens (including phenoxy) is 1. The molecule has 5 nitrogen and oxygen atoms in total. The molecule has 164 valence electrons. The van der Waals surface area contributed by atoms with Gasteiger partial charge in [-0.05, 0) is 68.2 Å². The molecular weight excluding hydrogens is 376 g/mol. The number of hydrogen-bond donors (Lipinski definition) is 0. The molecule has 2 aliphatic rings. The van der Waals surface area contributed by atoms with Crippen LogP contribution in [-0.4, -0.2) is 43.0 Å². The molecule has 1 aromatic carbocycles. The summed E-state index contributed by atoms with van der Waals surface area (Å²) in [6.45, 7) is 12.9. The van der Waals surface area contributed by atoms with Gasteiger partial charge in [-0.15, -0.1) is 0 Å². The summed E-state index contributed by atoms with van der Waals surface area (Å²) in [7, 11) is 0. The molecule has 30 heavy (non-hydrogen) atoms. The van der Waals surface area contributed by atoms with Crippen LogP contribution >= 0.6 is 0 Å². The van der Waals surface area contributed by atoms with Gasteiger partial charge in [0.05, 0.1) is 12.3 Å². The lowest BCUT2D eigenvalue weighted by atomic mass is 9.93. The molecule has 0 unspecified atom stereocenters. The molecule has 1 aromatic rings. The molecule has 1 aliphatic carbocycles. The molecule has 2 amide bonds. The maximum Gasteiger partial charge on any atom is 0.261 e. The normalized spacial score (nSPS) is 17.0. The number of nitrogens with zero attached hydrogens (tertiary/aromatic N) is 2. The minimum atomic E-state index is -0.140. The maximum atomic E-state index is 12.7. The van der Waals surface area contributed by atoms with E-state index in [4.69, 9.17) is 4.74 Å². The Morgan fingerprint density at radius 1 is 0.900 bits per heavy atom. The summed E-state index contributed by atoms with van der Waals surface area (Å²) in [6, 6.07) is 7.33. The highest BCUT2D eigenvalue weighted by Crippen LogP contribution is 2.35. The van der Waals surface area contributed by atoms with E-state index in [1.165, 1.54) is 4.90 Å². The predicted molar refractivity (Wildman–Crippen MR) is 121 cm³/mol. The largest absolute Gasteiger partial charge is 0.494 e. The number of hydrogen-bond acceptors (Lipinski definition) is 4. The lowest BCUT2D eigenvalue weighted by Crippen LogP contribution is -2.33. The lowest BCUT2D eigenvalue weighted by Gasteiger charge is -2.26. The van der Waals surface area contributed by atoms with E-state index >= 15 is 0 Å². The summed E-state index contributed by atoms with van der Waals surface area (Å²) in [4.78, 5) is 29.2. The van der Waals surface area contributed by atoms with Crippen molar-refractivity contribution in [2.75, 3.05) is 31.1 Å². The zero-order chi connectivity index (χ0) is 21.7. The highest BCUT2D eigenvalue weighted by molar-refractivity contribution is 6.33. The van der Waals surface area contributed by atoms with Crippen LogP contribution < -0.4 is 9.64 Å². The Labute approximate surface area is 181 Å². The van der Waals surface area contributed by atoms with E-state index in [0.717, 1.165) is 68.6 Å². The monoisotopic (exact) mass is 412 g/mol. The van der Waals surface area contributed by atoms with Crippen LogP contribution in [0.1, 0.15) is 59.8 Å². The van der Waals surface area contributed by atoms with Gasteiger partial charge in [-0.1, -0.05) is 27.7 Å². The fourth-order valence-electron chi connectivity index (χ4n) is 4.43. The van der Waals surface area contributed by atoms with Crippen molar-refractivity contribution < 1.29 is 14.3 Å². The fraction of sp³-hybridized carbons (Fsp3) is 0.600. The van der Waals surface area contributed by atoms with Crippen molar-refractivity contribution in [1.29, 1.82) is 0 Å². The van der Waals surface area contributed by atoms with Crippen LogP contribution in [0.2, 0.25) is 0 Å². The van der Waals surface area contributed by atoms with Crippen molar-refractivity contribution in [3.05, 3.63) is 35.4 Å². The number of carbonyl (C=O) groups excluding carboxylic acids is 2. The summed E-state index contributed by atoms with van der Waals surface area (Å²) >= 11 is 0. The van der Waals surface area contributed by atoms with Crippen LogP contribution in [0.5, 0.6) is 5.75 Å². The van der Waals surface area contributed by atoms with Crippen LogP contribution in [0.25, 0.3) is 0 Å². The van der Waals surface area contributed by atoms with Gasteiger partial charge in [-0.25, -0.2) is 4.90 Å². The van der Waals surface area contributed by atoms with Crippen LogP contribution in [0, 0.1) is 11.8 Å². The molecule has 1 aliphatic heterocycles. The quantitative estimate of drug-likeness (QED) is 0.409. The first-order chi connectivity index (χ1) is 14.4. The van der Waals surface area contributed by atoms with Gasteiger partial charge in [-0.3, -0.25) is 9.59 Å². The molecule has 5 heteroatoms. The van der Waals surface area contributed by atoms with E-state index in [9.17, 15) is 9.59 Å². The highest BCUT2D eigenvalue weighted by Gasteiger charge is 2.39. The van der Waals surface area contributed by atoms with Crippen molar-refractivity contribution >= 4 is 17.5 Å². The molecule has 0 radical (unpaired) electrons. The van der Waals surface area contributed by atoms with E-state index in [2.05, 4.69) is 32.6 Å². The molecule has 0 spiro atoms. The van der Waals surface area contributed by atoms with Gasteiger partial charge in [-0.2, -0.15) is 0 Å². The molecule has 0 atom stereocenters. The average Bonchev–Trinajstić information content (AvgIpc) is 2.96. The molecule has 3 rings (SSSR count). The second-order valence-electron chi connectivity index (χ2n) is 9.35. The first-order valence-electron chi connectivity index (χ1n) is 11.4. The summed E-state index contributed by atoms with van der Waals surface area (Å²) in [5.74, 6) is 1.81. The third-order valence-electron chi connectivity index (χ3n) is 5.62. The average molecular weight is 413 g/mol. The van der Waals surface area contributed by atoms with E-state index < -0.39 is 0 Å². The first-order valence-corrected chi connectivity index (χ1v) is 11.4. The van der Waals surface area contributed by atoms with Gasteiger partial charge in [0.2, 0.25) is 0 Å². The first kappa shape index (κ1) is 22.5. The third-order valence-corrected chi connectivity index (χ3v) is 5.62. The number of benzene rings is 1. The number of rotatable bonds is 10. The molecule has 0 saturated heterocycles. The second kappa shape index (κ2) is 10.3. The highest BCUT2D eigenvalue weighted by atomic mass is 16.5. The van der Waals surface area contributed by atoms with Crippen molar-refractivity contribution in [3.8, 4) is 5.75 Å². The van der Waals surface area contributed by atoms with Crippen LogP contribution in [-0.2, 0) is 9.59 Å². The number of carbonyl (C=O) groups is 2.